The molecule has 0 aliphatic rings. The summed E-state index contributed by atoms with van der Waals surface area (Å²) >= 11 is 0. The number of anilines is 1. The summed E-state index contributed by atoms with van der Waals surface area (Å²) in [6.07, 6.45) is -4.50. The van der Waals surface area contributed by atoms with Crippen molar-refractivity contribution in [3.63, 3.8) is 0 Å². The number of halogens is 4. The highest BCUT2D eigenvalue weighted by Crippen LogP contribution is 2.30. The predicted octanol–water partition coefficient (Wildman–Crippen LogP) is 2.72. The van der Waals surface area contributed by atoms with Crippen LogP contribution in [-0.2, 0) is 11.0 Å². The Hall–Kier alpha value is -3.10. The zero-order valence-corrected chi connectivity index (χ0v) is 12.7. The number of carbonyl (C=O) groups is 2. The van der Waals surface area contributed by atoms with Gasteiger partial charge in [-0.05, 0) is 42.5 Å². The van der Waals surface area contributed by atoms with Gasteiger partial charge < -0.3 is 5.32 Å². The Balaban J connectivity index is 1.83. The Morgan fingerprint density at radius 3 is 2.32 bits per heavy atom. The quantitative estimate of drug-likeness (QED) is 0.571. The van der Waals surface area contributed by atoms with Crippen molar-refractivity contribution in [1.29, 1.82) is 0 Å². The van der Waals surface area contributed by atoms with Gasteiger partial charge in [-0.3, -0.25) is 20.4 Å². The minimum atomic E-state index is -4.50. The molecule has 0 saturated heterocycles. The number of alkyl halides is 3. The number of benzene rings is 2. The number of hydrazine groups is 1. The zero-order chi connectivity index (χ0) is 18.4. The van der Waals surface area contributed by atoms with Gasteiger partial charge in [0.15, 0.2) is 0 Å². The van der Waals surface area contributed by atoms with Crippen LogP contribution in [0.5, 0.6) is 0 Å². The molecule has 0 aliphatic heterocycles. The molecule has 0 aromatic heterocycles. The second-order valence-electron chi connectivity index (χ2n) is 4.94. The molecule has 0 spiro atoms. The number of amides is 2. The molecule has 3 N–H and O–H groups in total. The first-order chi connectivity index (χ1) is 11.8. The highest BCUT2D eigenvalue weighted by Gasteiger charge is 2.30. The van der Waals surface area contributed by atoms with Gasteiger partial charge in [0.05, 0.1) is 17.8 Å². The second kappa shape index (κ2) is 7.65. The number of hydrogen-bond donors (Lipinski definition) is 3. The fourth-order valence-electron chi connectivity index (χ4n) is 1.82. The third-order valence-electron chi connectivity index (χ3n) is 3.05. The maximum absolute atomic E-state index is 12.8. The molecule has 0 unspecified atom stereocenters. The number of nitrogens with one attached hydrogen (secondary N) is 3. The smallest absolute Gasteiger partial charge is 0.343 e. The van der Waals surface area contributed by atoms with Crippen molar-refractivity contribution in [3.05, 3.63) is 65.5 Å². The highest BCUT2D eigenvalue weighted by molar-refractivity contribution is 5.96. The number of rotatable bonds is 5. The monoisotopic (exact) mass is 355 g/mol. The lowest BCUT2D eigenvalue weighted by atomic mass is 10.2. The van der Waals surface area contributed by atoms with Gasteiger partial charge in [0.1, 0.15) is 5.82 Å². The average Bonchev–Trinajstić information content (AvgIpc) is 2.58. The first-order valence-corrected chi connectivity index (χ1v) is 7.01. The van der Waals surface area contributed by atoms with Crippen LogP contribution in [0.1, 0.15) is 15.9 Å². The van der Waals surface area contributed by atoms with Crippen LogP contribution in [-0.4, -0.2) is 18.4 Å². The minimum absolute atomic E-state index is 0.0352. The standard InChI is InChI=1S/C16H13F4N3O2/c17-12-6-4-10(5-7-12)15(25)21-9-14(24)23-22-13-3-1-2-11(8-13)16(18,19)20/h1-8,22H,9H2,(H,21,25)(H,23,24). The molecule has 2 aromatic carbocycles. The normalized spacial score (nSPS) is 10.9. The van der Waals surface area contributed by atoms with Crippen LogP contribution in [0.15, 0.2) is 48.5 Å². The average molecular weight is 355 g/mol. The largest absolute Gasteiger partial charge is 0.416 e. The van der Waals surface area contributed by atoms with E-state index in [9.17, 15) is 27.2 Å². The van der Waals surface area contributed by atoms with E-state index in [1.807, 2.05) is 0 Å². The molecule has 0 aliphatic carbocycles. The van der Waals surface area contributed by atoms with Crippen molar-refractivity contribution in [3.8, 4) is 0 Å². The Morgan fingerprint density at radius 1 is 1.00 bits per heavy atom. The third-order valence-corrected chi connectivity index (χ3v) is 3.05. The summed E-state index contributed by atoms with van der Waals surface area (Å²) in [5.74, 6) is -1.76. The molecule has 9 heteroatoms. The van der Waals surface area contributed by atoms with Gasteiger partial charge in [-0.2, -0.15) is 13.2 Å². The lowest BCUT2D eigenvalue weighted by Gasteiger charge is -2.12. The van der Waals surface area contributed by atoms with Crippen LogP contribution in [0.3, 0.4) is 0 Å². The predicted molar refractivity (Wildman–Crippen MR) is 81.9 cm³/mol. The van der Waals surface area contributed by atoms with E-state index in [0.29, 0.717) is 0 Å². The van der Waals surface area contributed by atoms with Crippen molar-refractivity contribution in [1.82, 2.24) is 10.7 Å². The van der Waals surface area contributed by atoms with Gasteiger partial charge >= 0.3 is 6.18 Å². The van der Waals surface area contributed by atoms with Gasteiger partial charge in [0, 0.05) is 5.56 Å². The molecule has 0 saturated carbocycles. The zero-order valence-electron chi connectivity index (χ0n) is 12.7. The summed E-state index contributed by atoms with van der Waals surface area (Å²) in [5.41, 5.74) is 3.83. The summed E-state index contributed by atoms with van der Waals surface area (Å²) in [7, 11) is 0. The van der Waals surface area contributed by atoms with E-state index >= 15 is 0 Å². The maximum atomic E-state index is 12.8. The summed E-state index contributed by atoms with van der Waals surface area (Å²) in [4.78, 5) is 23.3. The highest BCUT2D eigenvalue weighted by atomic mass is 19.4. The lowest BCUT2D eigenvalue weighted by Crippen LogP contribution is -2.39. The van der Waals surface area contributed by atoms with E-state index in [4.69, 9.17) is 0 Å². The Bertz CT molecular complexity index is 761. The first kappa shape index (κ1) is 18.2. The molecule has 2 amide bonds. The van der Waals surface area contributed by atoms with Crippen LogP contribution >= 0.6 is 0 Å². The number of carbonyl (C=O) groups excluding carboxylic acids is 2. The minimum Gasteiger partial charge on any atom is -0.343 e. The molecule has 132 valence electrons. The topological polar surface area (TPSA) is 70.2 Å². The Labute approximate surface area is 140 Å². The molecule has 0 fully saturated rings. The van der Waals surface area contributed by atoms with Crippen molar-refractivity contribution in [2.24, 2.45) is 0 Å². The summed E-state index contributed by atoms with van der Waals surface area (Å²) < 4.78 is 50.5. The van der Waals surface area contributed by atoms with E-state index in [0.717, 1.165) is 24.3 Å². The Morgan fingerprint density at radius 2 is 1.68 bits per heavy atom. The fraction of sp³-hybridized carbons (Fsp3) is 0.125. The molecule has 5 nitrogen and oxygen atoms in total. The molecule has 2 rings (SSSR count). The molecule has 2 aromatic rings. The van der Waals surface area contributed by atoms with Crippen LogP contribution < -0.4 is 16.2 Å². The van der Waals surface area contributed by atoms with E-state index in [1.54, 1.807) is 0 Å². The molecule has 25 heavy (non-hydrogen) atoms. The molecule has 0 heterocycles. The fourth-order valence-corrected chi connectivity index (χ4v) is 1.82. The van der Waals surface area contributed by atoms with E-state index in [1.165, 1.54) is 24.3 Å². The van der Waals surface area contributed by atoms with Crippen LogP contribution in [0.4, 0.5) is 23.2 Å². The van der Waals surface area contributed by atoms with E-state index in [2.05, 4.69) is 16.2 Å². The molecule has 0 radical (unpaired) electrons. The van der Waals surface area contributed by atoms with Crippen LogP contribution in [0.2, 0.25) is 0 Å². The molecular weight excluding hydrogens is 342 g/mol. The van der Waals surface area contributed by atoms with Crippen LogP contribution in [0, 0.1) is 5.82 Å². The summed E-state index contributed by atoms with van der Waals surface area (Å²) in [6, 6.07) is 8.97. The van der Waals surface area contributed by atoms with Gasteiger partial charge in [0.25, 0.3) is 11.8 Å². The summed E-state index contributed by atoms with van der Waals surface area (Å²) in [6.45, 7) is -0.415. The Kier molecular flexibility index (Phi) is 5.58. The van der Waals surface area contributed by atoms with Gasteiger partial charge in [-0.1, -0.05) is 6.07 Å². The van der Waals surface area contributed by atoms with Gasteiger partial charge in [-0.15, -0.1) is 0 Å². The van der Waals surface area contributed by atoms with Gasteiger partial charge in [0.2, 0.25) is 0 Å². The van der Waals surface area contributed by atoms with E-state index in [-0.39, 0.29) is 11.3 Å². The molecular formula is C16H13F4N3O2. The van der Waals surface area contributed by atoms with Gasteiger partial charge in [-0.25, -0.2) is 4.39 Å². The molecule has 0 atom stereocenters. The second-order valence-corrected chi connectivity index (χ2v) is 4.94. The van der Waals surface area contributed by atoms with Crippen molar-refractivity contribution < 1.29 is 27.2 Å². The lowest BCUT2D eigenvalue weighted by molar-refractivity contribution is -0.137. The summed E-state index contributed by atoms with van der Waals surface area (Å²) in [5, 5.41) is 2.30. The van der Waals surface area contributed by atoms with E-state index < -0.39 is 35.9 Å². The molecule has 0 bridgehead atoms. The first-order valence-electron chi connectivity index (χ1n) is 7.01. The maximum Gasteiger partial charge on any atom is 0.416 e. The van der Waals surface area contributed by atoms with Crippen molar-refractivity contribution in [2.45, 2.75) is 6.18 Å². The third kappa shape index (κ3) is 5.48. The number of hydrogen-bond acceptors (Lipinski definition) is 3. The van der Waals surface area contributed by atoms with Crippen molar-refractivity contribution >= 4 is 17.5 Å². The van der Waals surface area contributed by atoms with Crippen LogP contribution in [0.25, 0.3) is 0 Å². The van der Waals surface area contributed by atoms with Crippen molar-refractivity contribution in [2.75, 3.05) is 12.0 Å². The SMILES string of the molecule is O=C(CNC(=O)c1ccc(F)cc1)NNc1cccc(C(F)(F)F)c1.